The highest BCUT2D eigenvalue weighted by atomic mass is 35.5. The van der Waals surface area contributed by atoms with Crippen molar-refractivity contribution < 1.29 is 9.53 Å². The van der Waals surface area contributed by atoms with Gasteiger partial charge in [0.05, 0.1) is 24.6 Å². The van der Waals surface area contributed by atoms with Gasteiger partial charge in [0.25, 0.3) is 5.91 Å². The van der Waals surface area contributed by atoms with Gasteiger partial charge in [-0.2, -0.15) is 0 Å². The highest BCUT2D eigenvalue weighted by Gasteiger charge is 2.13. The number of pyridine rings is 1. The topological polar surface area (TPSA) is 77.2 Å². The number of amides is 1. The van der Waals surface area contributed by atoms with E-state index in [1.807, 2.05) is 13.0 Å². The van der Waals surface area contributed by atoms with Crippen LogP contribution in [-0.2, 0) is 0 Å². The number of ether oxygens (including phenoxy) is 1. The van der Waals surface area contributed by atoms with Gasteiger partial charge in [-0.25, -0.2) is 4.98 Å². The molecule has 0 aliphatic carbocycles. The smallest absolute Gasteiger partial charge is 0.258 e. The zero-order valence-electron chi connectivity index (χ0n) is 11.1. The molecule has 1 aromatic carbocycles. The summed E-state index contributed by atoms with van der Waals surface area (Å²) in [6.07, 6.45) is 1.40. The van der Waals surface area contributed by atoms with Crippen molar-refractivity contribution >= 4 is 28.9 Å². The zero-order valence-corrected chi connectivity index (χ0v) is 11.9. The molecule has 1 aromatic heterocycles. The van der Waals surface area contributed by atoms with Crippen LogP contribution < -0.4 is 15.8 Å². The van der Waals surface area contributed by atoms with Gasteiger partial charge >= 0.3 is 0 Å². The summed E-state index contributed by atoms with van der Waals surface area (Å²) in [5.41, 5.74) is 7.78. The third-order valence-corrected chi connectivity index (χ3v) is 3.09. The molecular formula is C14H14ClN3O2. The number of benzene rings is 1. The molecule has 1 heterocycles. The first-order chi connectivity index (χ1) is 9.51. The Morgan fingerprint density at radius 2 is 2.15 bits per heavy atom. The minimum absolute atomic E-state index is 0.114. The van der Waals surface area contributed by atoms with Crippen LogP contribution in [0.2, 0.25) is 5.15 Å². The molecule has 0 saturated carbocycles. The number of anilines is 2. The molecule has 0 aliphatic rings. The van der Waals surface area contributed by atoms with E-state index in [-0.39, 0.29) is 16.6 Å². The van der Waals surface area contributed by atoms with Crippen LogP contribution in [0.1, 0.15) is 15.9 Å². The zero-order chi connectivity index (χ0) is 14.7. The molecule has 0 spiro atoms. The Balaban J connectivity index is 2.25. The maximum Gasteiger partial charge on any atom is 0.258 e. The molecule has 0 aliphatic heterocycles. The number of halogens is 1. The Hall–Kier alpha value is -2.27. The first kappa shape index (κ1) is 14.1. The third kappa shape index (κ3) is 3.00. The molecule has 0 radical (unpaired) electrons. The van der Waals surface area contributed by atoms with Crippen molar-refractivity contribution in [3.8, 4) is 5.75 Å². The lowest BCUT2D eigenvalue weighted by Gasteiger charge is -2.10. The van der Waals surface area contributed by atoms with Crippen LogP contribution in [-0.4, -0.2) is 18.0 Å². The fourth-order valence-corrected chi connectivity index (χ4v) is 1.91. The van der Waals surface area contributed by atoms with Crippen molar-refractivity contribution in [1.29, 1.82) is 0 Å². The summed E-state index contributed by atoms with van der Waals surface area (Å²) in [7, 11) is 1.59. The molecule has 0 fully saturated rings. The van der Waals surface area contributed by atoms with Crippen LogP contribution in [0, 0.1) is 6.92 Å². The van der Waals surface area contributed by atoms with Crippen molar-refractivity contribution in [3.05, 3.63) is 46.7 Å². The Morgan fingerprint density at radius 3 is 2.80 bits per heavy atom. The molecule has 3 N–H and O–H groups in total. The maximum absolute atomic E-state index is 12.2. The summed E-state index contributed by atoms with van der Waals surface area (Å²) in [5, 5.41) is 2.89. The normalized spacial score (nSPS) is 10.2. The lowest BCUT2D eigenvalue weighted by molar-refractivity contribution is 0.102. The number of aryl methyl sites for hydroxylation is 1. The number of carbonyl (C=O) groups excluding carboxylic acids is 1. The summed E-state index contributed by atoms with van der Waals surface area (Å²) in [6.45, 7) is 1.87. The van der Waals surface area contributed by atoms with E-state index in [0.29, 0.717) is 11.4 Å². The minimum Gasteiger partial charge on any atom is -0.497 e. The number of rotatable bonds is 3. The molecule has 2 rings (SSSR count). The predicted molar refractivity (Wildman–Crippen MR) is 79.3 cm³/mol. The number of hydrogen-bond acceptors (Lipinski definition) is 4. The van der Waals surface area contributed by atoms with E-state index in [0.717, 1.165) is 11.3 Å². The van der Waals surface area contributed by atoms with Gasteiger partial charge in [-0.3, -0.25) is 4.79 Å². The van der Waals surface area contributed by atoms with Gasteiger partial charge in [0.2, 0.25) is 0 Å². The molecular weight excluding hydrogens is 278 g/mol. The Kier molecular flexibility index (Phi) is 4.10. The molecule has 0 unspecified atom stereocenters. The first-order valence-electron chi connectivity index (χ1n) is 5.88. The number of nitrogens with two attached hydrogens (primary N) is 1. The van der Waals surface area contributed by atoms with Gasteiger partial charge in [-0.15, -0.1) is 0 Å². The number of carbonyl (C=O) groups is 1. The SMILES string of the molecule is COc1ccc(NC(=O)c2cc(N)cnc2Cl)c(C)c1. The number of methoxy groups -OCH3 is 1. The number of aromatic nitrogens is 1. The van der Waals surface area contributed by atoms with Crippen LogP contribution in [0.15, 0.2) is 30.5 Å². The molecule has 0 bridgehead atoms. The second-order valence-corrected chi connectivity index (χ2v) is 4.60. The van der Waals surface area contributed by atoms with Crippen molar-refractivity contribution in [2.24, 2.45) is 0 Å². The first-order valence-corrected chi connectivity index (χ1v) is 6.26. The lowest BCUT2D eigenvalue weighted by atomic mass is 10.1. The van der Waals surface area contributed by atoms with Gasteiger partial charge in [0.15, 0.2) is 0 Å². The minimum atomic E-state index is -0.358. The summed E-state index contributed by atoms with van der Waals surface area (Å²) in [5.74, 6) is 0.368. The van der Waals surface area contributed by atoms with Crippen LogP contribution in [0.3, 0.4) is 0 Å². The third-order valence-electron chi connectivity index (χ3n) is 2.79. The molecule has 20 heavy (non-hydrogen) atoms. The molecule has 0 atom stereocenters. The van der Waals surface area contributed by atoms with E-state index in [1.165, 1.54) is 12.3 Å². The van der Waals surface area contributed by atoms with Gasteiger partial charge in [0, 0.05) is 5.69 Å². The van der Waals surface area contributed by atoms with Crippen LogP contribution in [0.5, 0.6) is 5.75 Å². The standard InChI is InChI=1S/C14H14ClN3O2/c1-8-5-10(20-2)3-4-12(8)18-14(19)11-6-9(16)7-17-13(11)15/h3-7H,16H2,1-2H3,(H,18,19). The van der Waals surface area contributed by atoms with Gasteiger partial charge in [-0.05, 0) is 36.8 Å². The summed E-state index contributed by atoms with van der Waals surface area (Å²) < 4.78 is 5.11. The van der Waals surface area contributed by atoms with Crippen molar-refractivity contribution in [3.63, 3.8) is 0 Å². The van der Waals surface area contributed by atoms with Gasteiger partial charge in [0.1, 0.15) is 10.9 Å². The lowest BCUT2D eigenvalue weighted by Crippen LogP contribution is -2.14. The largest absolute Gasteiger partial charge is 0.497 e. The number of nitrogens with one attached hydrogen (secondary N) is 1. The second kappa shape index (κ2) is 5.79. The molecule has 1 amide bonds. The predicted octanol–water partition coefficient (Wildman–Crippen LogP) is 2.89. The molecule has 6 heteroatoms. The molecule has 5 nitrogen and oxygen atoms in total. The van der Waals surface area contributed by atoms with E-state index in [1.54, 1.807) is 19.2 Å². The van der Waals surface area contributed by atoms with E-state index < -0.39 is 0 Å². The van der Waals surface area contributed by atoms with E-state index in [2.05, 4.69) is 10.3 Å². The van der Waals surface area contributed by atoms with Crippen molar-refractivity contribution in [1.82, 2.24) is 4.98 Å². The summed E-state index contributed by atoms with van der Waals surface area (Å²) in [4.78, 5) is 16.0. The van der Waals surface area contributed by atoms with Crippen LogP contribution >= 0.6 is 11.6 Å². The monoisotopic (exact) mass is 291 g/mol. The average molecular weight is 292 g/mol. The maximum atomic E-state index is 12.2. The molecule has 104 valence electrons. The highest BCUT2D eigenvalue weighted by Crippen LogP contribution is 2.23. The Bertz CT molecular complexity index is 659. The summed E-state index contributed by atoms with van der Waals surface area (Å²) >= 11 is 5.90. The Morgan fingerprint density at radius 1 is 1.40 bits per heavy atom. The van der Waals surface area contributed by atoms with Gasteiger partial charge < -0.3 is 15.8 Å². The van der Waals surface area contributed by atoms with Gasteiger partial charge in [-0.1, -0.05) is 11.6 Å². The van der Waals surface area contributed by atoms with Crippen LogP contribution in [0.4, 0.5) is 11.4 Å². The van der Waals surface area contributed by atoms with Crippen molar-refractivity contribution in [2.45, 2.75) is 6.92 Å². The van der Waals surface area contributed by atoms with Crippen LogP contribution in [0.25, 0.3) is 0 Å². The van der Waals surface area contributed by atoms with Crippen molar-refractivity contribution in [2.75, 3.05) is 18.2 Å². The Labute approximate surface area is 121 Å². The molecule has 0 saturated heterocycles. The highest BCUT2D eigenvalue weighted by molar-refractivity contribution is 6.33. The van der Waals surface area contributed by atoms with E-state index in [4.69, 9.17) is 22.1 Å². The van der Waals surface area contributed by atoms with E-state index >= 15 is 0 Å². The number of nitrogen functional groups attached to an aromatic ring is 1. The second-order valence-electron chi connectivity index (χ2n) is 4.24. The average Bonchev–Trinajstić information content (AvgIpc) is 2.43. The molecule has 2 aromatic rings. The fraction of sp³-hybridized carbons (Fsp3) is 0.143. The number of hydrogen-bond donors (Lipinski definition) is 2. The van der Waals surface area contributed by atoms with E-state index in [9.17, 15) is 4.79 Å². The summed E-state index contributed by atoms with van der Waals surface area (Å²) in [6, 6.07) is 6.85. The fourth-order valence-electron chi connectivity index (χ4n) is 1.72. The quantitative estimate of drug-likeness (QED) is 0.853. The number of nitrogens with zero attached hydrogens (tertiary/aromatic N) is 1.